The van der Waals surface area contributed by atoms with Crippen molar-refractivity contribution in [2.45, 2.75) is 19.3 Å². The van der Waals surface area contributed by atoms with E-state index in [0.29, 0.717) is 23.4 Å². The van der Waals surface area contributed by atoms with Gasteiger partial charge in [0, 0.05) is 22.9 Å². The molecule has 0 aliphatic carbocycles. The highest BCUT2D eigenvalue weighted by atomic mass is 79.9. The van der Waals surface area contributed by atoms with Crippen molar-refractivity contribution in [3.63, 3.8) is 0 Å². The monoisotopic (exact) mass is 284 g/mol. The van der Waals surface area contributed by atoms with Crippen LogP contribution in [0.5, 0.6) is 0 Å². The number of benzene rings is 1. The van der Waals surface area contributed by atoms with Crippen LogP contribution in [0.25, 0.3) is 0 Å². The molecule has 1 aromatic rings. The lowest BCUT2D eigenvalue weighted by Crippen LogP contribution is -1.98. The van der Waals surface area contributed by atoms with Crippen molar-refractivity contribution in [2.24, 2.45) is 0 Å². The summed E-state index contributed by atoms with van der Waals surface area (Å²) in [6.07, 6.45) is 6.94. The minimum absolute atomic E-state index is 0.0830. The first-order valence-corrected chi connectivity index (χ1v) is 5.74. The van der Waals surface area contributed by atoms with Crippen LogP contribution in [0.15, 0.2) is 22.7 Å². The number of unbranched alkanes of at least 4 members (excludes halogenated alkanes) is 1. The second-order valence-electron chi connectivity index (χ2n) is 3.11. The Balaban J connectivity index is 2.67. The van der Waals surface area contributed by atoms with Crippen LogP contribution in [-0.4, -0.2) is 5.78 Å². The zero-order valence-electron chi connectivity index (χ0n) is 8.09. The fourth-order valence-corrected chi connectivity index (χ4v) is 1.59. The van der Waals surface area contributed by atoms with Gasteiger partial charge in [0.25, 0.3) is 0 Å². The molecule has 3 heteroatoms. The zero-order valence-corrected chi connectivity index (χ0v) is 10.4. The van der Waals surface area contributed by atoms with Crippen molar-refractivity contribution in [3.05, 3.63) is 33.3 Å². The van der Waals surface area contributed by atoms with E-state index >= 15 is 0 Å². The molecule has 0 spiro atoms. The molecule has 0 aliphatic rings. The highest BCUT2D eigenvalue weighted by Gasteiger charge is 2.07. The third-order valence-corrected chi connectivity index (χ3v) is 3.20. The lowest BCUT2D eigenvalue weighted by Gasteiger charge is -2.01. The van der Waals surface area contributed by atoms with Crippen molar-refractivity contribution in [2.75, 3.05) is 0 Å². The van der Waals surface area contributed by atoms with Crippen molar-refractivity contribution >= 4 is 33.3 Å². The maximum atomic E-state index is 11.6. The number of terminal acetylenes is 1. The Morgan fingerprint density at radius 1 is 1.53 bits per heavy atom. The first-order valence-electron chi connectivity index (χ1n) is 4.57. The summed E-state index contributed by atoms with van der Waals surface area (Å²) in [5.41, 5.74) is 0.639. The number of rotatable bonds is 4. The maximum absolute atomic E-state index is 11.6. The third-order valence-electron chi connectivity index (χ3n) is 1.97. The first-order chi connectivity index (χ1) is 7.15. The van der Waals surface area contributed by atoms with E-state index in [-0.39, 0.29) is 5.78 Å². The summed E-state index contributed by atoms with van der Waals surface area (Å²) in [6, 6.07) is 5.20. The number of halogens is 2. The second kappa shape index (κ2) is 5.95. The Bertz CT molecular complexity index is 407. The number of carbonyl (C=O) groups excluding carboxylic acids is 1. The van der Waals surface area contributed by atoms with Gasteiger partial charge in [-0.05, 0) is 34.5 Å². The molecular formula is C12H10BrClO. The number of hydrogen-bond acceptors (Lipinski definition) is 1. The summed E-state index contributed by atoms with van der Waals surface area (Å²) in [4.78, 5) is 11.6. The Hall–Kier alpha value is -0.780. The lowest BCUT2D eigenvalue weighted by molar-refractivity contribution is 0.0980. The molecule has 1 nitrogen and oxygen atoms in total. The second-order valence-corrected chi connectivity index (χ2v) is 4.37. The van der Waals surface area contributed by atoms with Gasteiger partial charge in [-0.1, -0.05) is 17.7 Å². The number of ketones is 1. The summed E-state index contributed by atoms with van der Waals surface area (Å²) in [5, 5.41) is 0.554. The Labute approximate surface area is 103 Å². The van der Waals surface area contributed by atoms with Gasteiger partial charge in [-0.3, -0.25) is 4.79 Å². The molecule has 0 saturated heterocycles. The molecule has 1 rings (SSSR count). The summed E-state index contributed by atoms with van der Waals surface area (Å²) >= 11 is 9.16. The maximum Gasteiger partial charge on any atom is 0.162 e. The highest BCUT2D eigenvalue weighted by Crippen LogP contribution is 2.23. The standard InChI is InChI=1S/C12H10BrClO/c1-2-3-4-5-12(15)9-6-7-10(13)11(14)8-9/h1,6-8H,3-5H2. The molecule has 0 bridgehead atoms. The smallest absolute Gasteiger partial charge is 0.162 e. The van der Waals surface area contributed by atoms with E-state index in [9.17, 15) is 4.79 Å². The molecule has 1 aromatic carbocycles. The lowest BCUT2D eigenvalue weighted by atomic mass is 10.1. The van der Waals surface area contributed by atoms with Gasteiger partial charge < -0.3 is 0 Å². The van der Waals surface area contributed by atoms with E-state index in [2.05, 4.69) is 21.9 Å². The van der Waals surface area contributed by atoms with Crippen molar-refractivity contribution < 1.29 is 4.79 Å². The van der Waals surface area contributed by atoms with E-state index in [1.54, 1.807) is 18.2 Å². The number of Topliss-reactive ketones (excluding diaryl/α,β-unsaturated/α-hetero) is 1. The molecule has 0 aromatic heterocycles. The molecule has 0 aliphatic heterocycles. The molecule has 15 heavy (non-hydrogen) atoms. The number of carbonyl (C=O) groups is 1. The van der Waals surface area contributed by atoms with Gasteiger partial charge in [-0.2, -0.15) is 0 Å². The third kappa shape index (κ3) is 3.70. The van der Waals surface area contributed by atoms with Crippen LogP contribution in [0.2, 0.25) is 5.02 Å². The average Bonchev–Trinajstić information content (AvgIpc) is 2.22. The fraction of sp³-hybridized carbons (Fsp3) is 0.250. The largest absolute Gasteiger partial charge is 0.294 e. The van der Waals surface area contributed by atoms with Crippen LogP contribution >= 0.6 is 27.5 Å². The molecule has 0 radical (unpaired) electrons. The van der Waals surface area contributed by atoms with E-state index in [4.69, 9.17) is 18.0 Å². The molecule has 78 valence electrons. The van der Waals surface area contributed by atoms with Crippen LogP contribution in [0.3, 0.4) is 0 Å². The normalized spacial score (nSPS) is 9.67. The predicted octanol–water partition coefficient (Wildman–Crippen LogP) is 4.09. The van der Waals surface area contributed by atoms with E-state index in [1.165, 1.54) is 0 Å². The summed E-state index contributed by atoms with van der Waals surface area (Å²) in [5.74, 6) is 2.59. The van der Waals surface area contributed by atoms with Crippen LogP contribution in [0.4, 0.5) is 0 Å². The average molecular weight is 286 g/mol. The minimum Gasteiger partial charge on any atom is -0.294 e. The molecule has 0 amide bonds. The van der Waals surface area contributed by atoms with Gasteiger partial charge in [0.05, 0.1) is 5.02 Å². The summed E-state index contributed by atoms with van der Waals surface area (Å²) in [6.45, 7) is 0. The predicted molar refractivity (Wildman–Crippen MR) is 66.2 cm³/mol. The molecule has 0 atom stereocenters. The van der Waals surface area contributed by atoms with Gasteiger partial charge in [0.15, 0.2) is 5.78 Å². The molecule has 0 N–H and O–H groups in total. The number of hydrogen-bond donors (Lipinski definition) is 0. The van der Waals surface area contributed by atoms with Crippen LogP contribution < -0.4 is 0 Å². The summed E-state index contributed by atoms with van der Waals surface area (Å²) < 4.78 is 0.796. The van der Waals surface area contributed by atoms with Crippen LogP contribution in [0.1, 0.15) is 29.6 Å². The van der Waals surface area contributed by atoms with Gasteiger partial charge in [0.2, 0.25) is 0 Å². The van der Waals surface area contributed by atoms with Gasteiger partial charge in [-0.15, -0.1) is 12.3 Å². The van der Waals surface area contributed by atoms with E-state index in [0.717, 1.165) is 10.9 Å². The van der Waals surface area contributed by atoms with Gasteiger partial charge in [-0.25, -0.2) is 0 Å². The minimum atomic E-state index is 0.0830. The zero-order chi connectivity index (χ0) is 11.3. The van der Waals surface area contributed by atoms with Gasteiger partial charge in [0.1, 0.15) is 0 Å². The summed E-state index contributed by atoms with van der Waals surface area (Å²) in [7, 11) is 0. The van der Waals surface area contributed by atoms with Crippen LogP contribution in [0, 0.1) is 12.3 Å². The quantitative estimate of drug-likeness (QED) is 0.463. The van der Waals surface area contributed by atoms with Crippen molar-refractivity contribution in [3.8, 4) is 12.3 Å². The Morgan fingerprint density at radius 3 is 2.87 bits per heavy atom. The Morgan fingerprint density at radius 2 is 2.27 bits per heavy atom. The Kier molecular flexibility index (Phi) is 4.87. The van der Waals surface area contributed by atoms with E-state index in [1.807, 2.05) is 0 Å². The SMILES string of the molecule is C#CCCCC(=O)c1ccc(Br)c(Cl)c1. The highest BCUT2D eigenvalue weighted by molar-refractivity contribution is 9.10. The van der Waals surface area contributed by atoms with Crippen molar-refractivity contribution in [1.29, 1.82) is 0 Å². The molecular weight excluding hydrogens is 275 g/mol. The molecule has 0 fully saturated rings. The van der Waals surface area contributed by atoms with Crippen molar-refractivity contribution in [1.82, 2.24) is 0 Å². The van der Waals surface area contributed by atoms with E-state index < -0.39 is 0 Å². The topological polar surface area (TPSA) is 17.1 Å². The molecule has 0 saturated carbocycles. The fourth-order valence-electron chi connectivity index (χ4n) is 1.16. The van der Waals surface area contributed by atoms with Gasteiger partial charge >= 0.3 is 0 Å². The molecule has 0 heterocycles. The van der Waals surface area contributed by atoms with Crippen LogP contribution in [-0.2, 0) is 0 Å². The molecule has 0 unspecified atom stereocenters. The first kappa shape index (κ1) is 12.3.